The third-order valence-electron chi connectivity index (χ3n) is 4.17. The van der Waals surface area contributed by atoms with Gasteiger partial charge in [0.25, 0.3) is 0 Å². The predicted molar refractivity (Wildman–Crippen MR) is 88.2 cm³/mol. The second kappa shape index (κ2) is 6.39. The maximum absolute atomic E-state index is 10.5. The fourth-order valence-electron chi connectivity index (χ4n) is 2.97. The zero-order valence-electron chi connectivity index (χ0n) is 11.8. The standard InChI is InChI=1S/C18H18Cl2O/c19-16-8-5-12(9-17(16)20)10-18(21)15-7-6-13-3-1-2-4-14(13)11-15/h5-9,11,18,21H,1-4,10H2. The first kappa shape index (κ1) is 14.9. The maximum atomic E-state index is 10.5. The van der Waals surface area contributed by atoms with E-state index in [4.69, 9.17) is 23.2 Å². The number of rotatable bonds is 3. The summed E-state index contributed by atoms with van der Waals surface area (Å²) in [6.07, 6.45) is 4.86. The van der Waals surface area contributed by atoms with E-state index in [0.29, 0.717) is 16.5 Å². The summed E-state index contributed by atoms with van der Waals surface area (Å²) in [5.41, 5.74) is 4.81. The van der Waals surface area contributed by atoms with Gasteiger partial charge in [0.05, 0.1) is 16.1 Å². The molecule has 0 saturated heterocycles. The van der Waals surface area contributed by atoms with Crippen molar-refractivity contribution in [3.63, 3.8) is 0 Å². The van der Waals surface area contributed by atoms with E-state index in [1.807, 2.05) is 18.2 Å². The minimum Gasteiger partial charge on any atom is -0.388 e. The molecule has 0 radical (unpaired) electrons. The molecule has 1 aliphatic rings. The molecule has 1 aliphatic carbocycles. The van der Waals surface area contributed by atoms with Crippen LogP contribution in [-0.2, 0) is 19.3 Å². The van der Waals surface area contributed by atoms with Gasteiger partial charge in [-0.15, -0.1) is 0 Å². The summed E-state index contributed by atoms with van der Waals surface area (Å²) in [5, 5.41) is 11.5. The van der Waals surface area contributed by atoms with Gasteiger partial charge in [0, 0.05) is 6.42 Å². The van der Waals surface area contributed by atoms with Gasteiger partial charge in [0.2, 0.25) is 0 Å². The molecule has 1 N–H and O–H groups in total. The second-order valence-corrected chi connectivity index (χ2v) is 6.52. The number of aliphatic hydroxyl groups is 1. The Balaban J connectivity index is 1.78. The first-order chi connectivity index (χ1) is 10.1. The molecule has 0 fully saturated rings. The lowest BCUT2D eigenvalue weighted by Crippen LogP contribution is -2.07. The van der Waals surface area contributed by atoms with Crippen molar-refractivity contribution in [2.24, 2.45) is 0 Å². The Kier molecular flexibility index (Phi) is 4.54. The second-order valence-electron chi connectivity index (χ2n) is 5.70. The molecule has 0 heterocycles. The van der Waals surface area contributed by atoms with Gasteiger partial charge in [-0.2, -0.15) is 0 Å². The van der Waals surface area contributed by atoms with Crippen LogP contribution < -0.4 is 0 Å². The van der Waals surface area contributed by atoms with Crippen molar-refractivity contribution < 1.29 is 5.11 Å². The highest BCUT2D eigenvalue weighted by Crippen LogP contribution is 2.28. The molecule has 3 rings (SSSR count). The molecule has 1 nitrogen and oxygen atoms in total. The summed E-state index contributed by atoms with van der Waals surface area (Å²) in [5.74, 6) is 0. The van der Waals surface area contributed by atoms with Gasteiger partial charge in [-0.05, 0) is 60.1 Å². The molecular formula is C18H18Cl2O. The summed E-state index contributed by atoms with van der Waals surface area (Å²) in [4.78, 5) is 0. The van der Waals surface area contributed by atoms with Gasteiger partial charge >= 0.3 is 0 Å². The van der Waals surface area contributed by atoms with E-state index in [-0.39, 0.29) is 0 Å². The van der Waals surface area contributed by atoms with E-state index < -0.39 is 6.10 Å². The average molecular weight is 321 g/mol. The SMILES string of the molecule is OC(Cc1ccc(Cl)c(Cl)c1)c1ccc2c(c1)CCCC2. The molecule has 0 amide bonds. The van der Waals surface area contributed by atoms with Crippen LogP contribution in [0.5, 0.6) is 0 Å². The van der Waals surface area contributed by atoms with Crippen molar-refractivity contribution in [3.8, 4) is 0 Å². The number of hydrogen-bond donors (Lipinski definition) is 1. The zero-order chi connectivity index (χ0) is 14.8. The smallest absolute Gasteiger partial charge is 0.0830 e. The van der Waals surface area contributed by atoms with Crippen molar-refractivity contribution in [2.75, 3.05) is 0 Å². The van der Waals surface area contributed by atoms with Gasteiger partial charge < -0.3 is 5.11 Å². The third-order valence-corrected chi connectivity index (χ3v) is 4.91. The quantitative estimate of drug-likeness (QED) is 0.829. The number of aryl methyl sites for hydroxylation is 2. The van der Waals surface area contributed by atoms with Gasteiger partial charge in [0.15, 0.2) is 0 Å². The monoisotopic (exact) mass is 320 g/mol. The summed E-state index contributed by atoms with van der Waals surface area (Å²) in [6, 6.07) is 11.9. The van der Waals surface area contributed by atoms with Gasteiger partial charge in [-0.25, -0.2) is 0 Å². The molecule has 0 aromatic heterocycles. The van der Waals surface area contributed by atoms with Crippen molar-refractivity contribution in [3.05, 3.63) is 68.7 Å². The lowest BCUT2D eigenvalue weighted by atomic mass is 9.89. The molecular weight excluding hydrogens is 303 g/mol. The van der Waals surface area contributed by atoms with E-state index in [2.05, 4.69) is 12.1 Å². The van der Waals surface area contributed by atoms with Gasteiger partial charge in [-0.1, -0.05) is 47.5 Å². The normalized spacial score (nSPS) is 15.6. The molecule has 0 spiro atoms. The Morgan fingerprint density at radius 3 is 2.43 bits per heavy atom. The lowest BCUT2D eigenvalue weighted by molar-refractivity contribution is 0.178. The summed E-state index contributed by atoms with van der Waals surface area (Å²) in [6.45, 7) is 0. The number of halogens is 2. The molecule has 2 aromatic carbocycles. The highest BCUT2D eigenvalue weighted by atomic mass is 35.5. The average Bonchev–Trinajstić information content (AvgIpc) is 2.50. The van der Waals surface area contributed by atoms with Crippen molar-refractivity contribution in [1.82, 2.24) is 0 Å². The zero-order valence-corrected chi connectivity index (χ0v) is 13.3. The summed E-state index contributed by atoms with van der Waals surface area (Å²) >= 11 is 11.9. The lowest BCUT2D eigenvalue weighted by Gasteiger charge is -2.19. The molecule has 110 valence electrons. The van der Waals surface area contributed by atoms with Crippen molar-refractivity contribution in [2.45, 2.75) is 38.2 Å². The highest BCUT2D eigenvalue weighted by Gasteiger charge is 2.14. The Morgan fingerprint density at radius 2 is 1.67 bits per heavy atom. The van der Waals surface area contributed by atoms with Crippen LogP contribution in [-0.4, -0.2) is 5.11 Å². The van der Waals surface area contributed by atoms with Crippen molar-refractivity contribution >= 4 is 23.2 Å². The van der Waals surface area contributed by atoms with Crippen LogP contribution >= 0.6 is 23.2 Å². The molecule has 0 bridgehead atoms. The highest BCUT2D eigenvalue weighted by molar-refractivity contribution is 6.42. The first-order valence-corrected chi connectivity index (χ1v) is 8.13. The topological polar surface area (TPSA) is 20.2 Å². The minimum atomic E-state index is -0.505. The minimum absolute atomic E-state index is 0.505. The Labute approximate surface area is 135 Å². The van der Waals surface area contributed by atoms with E-state index >= 15 is 0 Å². The molecule has 1 unspecified atom stereocenters. The van der Waals surface area contributed by atoms with E-state index in [1.165, 1.54) is 30.4 Å². The maximum Gasteiger partial charge on any atom is 0.0830 e. The summed E-state index contributed by atoms with van der Waals surface area (Å²) in [7, 11) is 0. The fraction of sp³-hybridized carbons (Fsp3) is 0.333. The Morgan fingerprint density at radius 1 is 0.905 bits per heavy atom. The van der Waals surface area contributed by atoms with Gasteiger partial charge in [0.1, 0.15) is 0 Å². The number of fused-ring (bicyclic) bond motifs is 1. The number of benzene rings is 2. The third kappa shape index (κ3) is 3.42. The van der Waals surface area contributed by atoms with Crippen LogP contribution in [0.3, 0.4) is 0 Å². The largest absolute Gasteiger partial charge is 0.388 e. The molecule has 2 aromatic rings. The predicted octanol–water partition coefficient (Wildman–Crippen LogP) is 5.15. The first-order valence-electron chi connectivity index (χ1n) is 7.37. The van der Waals surface area contributed by atoms with Gasteiger partial charge in [-0.3, -0.25) is 0 Å². The van der Waals surface area contributed by atoms with Crippen LogP contribution in [0.25, 0.3) is 0 Å². The molecule has 0 aliphatic heterocycles. The van der Waals surface area contributed by atoms with Crippen LogP contribution in [0, 0.1) is 0 Å². The summed E-state index contributed by atoms with van der Waals surface area (Å²) < 4.78 is 0. The molecule has 3 heteroatoms. The van der Waals surface area contributed by atoms with Crippen LogP contribution in [0.2, 0.25) is 10.0 Å². The van der Waals surface area contributed by atoms with Crippen LogP contribution in [0.4, 0.5) is 0 Å². The van der Waals surface area contributed by atoms with Crippen molar-refractivity contribution in [1.29, 1.82) is 0 Å². The number of hydrogen-bond acceptors (Lipinski definition) is 1. The fourth-order valence-corrected chi connectivity index (χ4v) is 3.29. The van der Waals surface area contributed by atoms with E-state index in [9.17, 15) is 5.11 Å². The molecule has 1 atom stereocenters. The molecule has 0 saturated carbocycles. The van der Waals surface area contributed by atoms with Crippen LogP contribution in [0.1, 0.15) is 41.2 Å². The van der Waals surface area contributed by atoms with Crippen LogP contribution in [0.15, 0.2) is 36.4 Å². The Hall–Kier alpha value is -1.02. The van der Waals surface area contributed by atoms with E-state index in [1.54, 1.807) is 6.07 Å². The Bertz CT molecular complexity index is 652. The number of aliphatic hydroxyl groups excluding tert-OH is 1. The van der Waals surface area contributed by atoms with E-state index in [0.717, 1.165) is 17.5 Å². The molecule has 21 heavy (non-hydrogen) atoms.